The van der Waals surface area contributed by atoms with E-state index in [-0.39, 0.29) is 5.41 Å². The number of unbranched alkanes of at least 4 members (excludes halogenated alkanes) is 10. The molecule has 0 amide bonds. The number of nitrogens with zero attached hydrogens (tertiary/aromatic N) is 7. The van der Waals surface area contributed by atoms with E-state index in [2.05, 4.69) is 140 Å². The Morgan fingerprint density at radius 1 is 0.378 bits per heavy atom. The van der Waals surface area contributed by atoms with Gasteiger partial charge in [0.25, 0.3) is 0 Å². The van der Waals surface area contributed by atoms with E-state index >= 15 is 0 Å². The summed E-state index contributed by atoms with van der Waals surface area (Å²) in [6.45, 7) is 8.91. The molecule has 10 aromatic rings. The Bertz CT molecular complexity index is 3470. The monoisotopic (exact) mass is 970 g/mol. The molecule has 1 aliphatic rings. The molecule has 5 aromatic heterocycles. The smallest absolute Gasteiger partial charge is 0.160 e. The van der Waals surface area contributed by atoms with E-state index in [9.17, 15) is 0 Å². The summed E-state index contributed by atoms with van der Waals surface area (Å²) in [5, 5.41) is 2.42. The Morgan fingerprint density at radius 2 is 0.851 bits per heavy atom. The Kier molecular flexibility index (Phi) is 14.3. The van der Waals surface area contributed by atoms with Crippen LogP contribution in [0.25, 0.3) is 95.0 Å². The zero-order valence-electron chi connectivity index (χ0n) is 43.6. The molecule has 0 aliphatic heterocycles. The summed E-state index contributed by atoms with van der Waals surface area (Å²) in [5.41, 5.74) is 19.0. The SMILES string of the molecule is CCCCCCCCC1(CCCCCCCC)c2cc(C)ccc2-c2ccc(-c3ncc(-c4cc(-c5cnc(-c6ccc(-c7ccc(C)cn7)nc6)nc5)cc(-n5c6ccccc6c6ccccc65)c4)cn3)cc21. The van der Waals surface area contributed by atoms with Gasteiger partial charge in [0.1, 0.15) is 0 Å². The van der Waals surface area contributed by atoms with Crippen LogP contribution >= 0.6 is 0 Å². The molecule has 0 spiro atoms. The van der Waals surface area contributed by atoms with Gasteiger partial charge in [0.05, 0.1) is 22.4 Å². The lowest BCUT2D eigenvalue weighted by atomic mass is 9.70. The zero-order valence-corrected chi connectivity index (χ0v) is 43.6. The van der Waals surface area contributed by atoms with Crippen molar-refractivity contribution in [3.8, 4) is 73.2 Å². The van der Waals surface area contributed by atoms with Gasteiger partial charge in [-0.2, -0.15) is 0 Å². The number of para-hydroxylation sites is 2. The van der Waals surface area contributed by atoms with Crippen molar-refractivity contribution in [2.45, 2.75) is 123 Å². The van der Waals surface area contributed by atoms with Gasteiger partial charge in [0.15, 0.2) is 11.6 Å². The quantitative estimate of drug-likeness (QED) is 0.0708. The molecule has 0 radical (unpaired) electrons. The predicted octanol–water partition coefficient (Wildman–Crippen LogP) is 17.9. The fourth-order valence-electron chi connectivity index (χ4n) is 11.6. The van der Waals surface area contributed by atoms with Crippen molar-refractivity contribution in [1.29, 1.82) is 0 Å². The number of aryl methyl sites for hydroxylation is 2. The Labute approximate surface area is 437 Å². The molecule has 0 atom stereocenters. The van der Waals surface area contributed by atoms with Crippen molar-refractivity contribution in [1.82, 2.24) is 34.5 Å². The normalized spacial score (nSPS) is 12.6. The minimum atomic E-state index is -0.0192. The molecule has 0 unspecified atom stereocenters. The van der Waals surface area contributed by atoms with Crippen LogP contribution in [0.3, 0.4) is 0 Å². The summed E-state index contributed by atoms with van der Waals surface area (Å²) in [7, 11) is 0. The van der Waals surface area contributed by atoms with Gasteiger partial charge in [0.2, 0.25) is 0 Å². The molecular formula is C67H67N7. The average Bonchev–Trinajstić information content (AvgIpc) is 3.93. The Hall–Kier alpha value is -7.64. The summed E-state index contributed by atoms with van der Waals surface area (Å²) in [5.74, 6) is 1.36. The van der Waals surface area contributed by atoms with Gasteiger partial charge in [0, 0.05) is 81.3 Å². The van der Waals surface area contributed by atoms with E-state index in [1.807, 2.05) is 62.3 Å². The van der Waals surface area contributed by atoms with E-state index in [1.165, 1.54) is 128 Å². The lowest BCUT2D eigenvalue weighted by Gasteiger charge is -2.33. The minimum Gasteiger partial charge on any atom is -0.309 e. The first-order valence-corrected chi connectivity index (χ1v) is 27.3. The van der Waals surface area contributed by atoms with Crippen LogP contribution < -0.4 is 0 Å². The van der Waals surface area contributed by atoms with Crippen LogP contribution in [-0.2, 0) is 5.41 Å². The number of pyridine rings is 2. The van der Waals surface area contributed by atoms with E-state index in [1.54, 1.807) is 0 Å². The molecule has 7 heteroatoms. The van der Waals surface area contributed by atoms with Gasteiger partial charge < -0.3 is 4.57 Å². The van der Waals surface area contributed by atoms with E-state index in [4.69, 9.17) is 24.9 Å². The molecule has 11 rings (SSSR count). The highest BCUT2D eigenvalue weighted by atomic mass is 15.0. The number of aromatic nitrogens is 7. The van der Waals surface area contributed by atoms with Crippen LogP contribution in [0, 0.1) is 13.8 Å². The topological polar surface area (TPSA) is 82.3 Å². The molecule has 1 aliphatic carbocycles. The largest absolute Gasteiger partial charge is 0.309 e. The minimum absolute atomic E-state index is 0.0192. The van der Waals surface area contributed by atoms with Crippen LogP contribution in [-0.4, -0.2) is 34.5 Å². The van der Waals surface area contributed by atoms with Gasteiger partial charge in [-0.3, -0.25) is 9.97 Å². The molecular weight excluding hydrogens is 903 g/mol. The molecule has 0 fully saturated rings. The number of benzene rings is 5. The van der Waals surface area contributed by atoms with Crippen molar-refractivity contribution in [3.63, 3.8) is 0 Å². The molecule has 0 saturated heterocycles. The molecule has 0 saturated carbocycles. The van der Waals surface area contributed by atoms with Gasteiger partial charge >= 0.3 is 0 Å². The van der Waals surface area contributed by atoms with Gasteiger partial charge in [-0.05, 0) is 120 Å². The molecule has 0 N–H and O–H groups in total. The lowest BCUT2D eigenvalue weighted by Crippen LogP contribution is -2.25. The number of hydrogen-bond acceptors (Lipinski definition) is 6. The van der Waals surface area contributed by atoms with Crippen molar-refractivity contribution >= 4 is 21.8 Å². The van der Waals surface area contributed by atoms with Crippen molar-refractivity contribution in [3.05, 3.63) is 187 Å². The van der Waals surface area contributed by atoms with Crippen LogP contribution in [0.2, 0.25) is 0 Å². The molecule has 370 valence electrons. The van der Waals surface area contributed by atoms with E-state index in [0.29, 0.717) is 5.82 Å². The first-order chi connectivity index (χ1) is 36.4. The second-order valence-corrected chi connectivity index (χ2v) is 20.8. The second kappa shape index (κ2) is 21.8. The van der Waals surface area contributed by atoms with Gasteiger partial charge in [-0.25, -0.2) is 19.9 Å². The lowest BCUT2D eigenvalue weighted by molar-refractivity contribution is 0.398. The summed E-state index contributed by atoms with van der Waals surface area (Å²) in [4.78, 5) is 29.4. The molecule has 74 heavy (non-hydrogen) atoms. The summed E-state index contributed by atoms with van der Waals surface area (Å²) >= 11 is 0. The highest BCUT2D eigenvalue weighted by molar-refractivity contribution is 6.09. The summed E-state index contributed by atoms with van der Waals surface area (Å²) < 4.78 is 2.37. The summed E-state index contributed by atoms with van der Waals surface area (Å²) in [6, 6.07) is 46.3. The van der Waals surface area contributed by atoms with Crippen LogP contribution in [0.1, 0.15) is 126 Å². The number of rotatable bonds is 20. The zero-order chi connectivity index (χ0) is 50.4. The molecule has 0 bridgehead atoms. The van der Waals surface area contributed by atoms with Crippen LogP contribution in [0.4, 0.5) is 0 Å². The third-order valence-corrected chi connectivity index (χ3v) is 15.6. The molecule has 5 heterocycles. The van der Waals surface area contributed by atoms with Crippen LogP contribution in [0.15, 0.2) is 165 Å². The maximum Gasteiger partial charge on any atom is 0.160 e. The Morgan fingerprint density at radius 3 is 1.41 bits per heavy atom. The predicted molar refractivity (Wildman–Crippen MR) is 306 cm³/mol. The van der Waals surface area contributed by atoms with Gasteiger partial charge in [-0.1, -0.05) is 169 Å². The standard InChI is InChI=1S/C67H67N7/c1-5-7-9-11-13-19-33-67(34-20-14-12-10-8-6-2)59-35-46(3)25-29-55(59)56-30-27-48(39-60(56)67)65-70-42-52(43-71-65)50-36-51(38-54(37-50)74-63-23-17-15-21-57(63)58-22-16-18-24-64(58)74)53-44-72-66(73-45-53)49-28-32-62(69-41-49)61-31-26-47(4)40-68-61/h15-18,21-32,35-45H,5-14,19-20,33-34H2,1-4H3. The molecule has 7 nitrogen and oxygen atoms in total. The number of hydrogen-bond donors (Lipinski definition) is 0. The Balaban J connectivity index is 0.949. The van der Waals surface area contributed by atoms with Crippen LogP contribution in [0.5, 0.6) is 0 Å². The maximum absolute atomic E-state index is 5.19. The van der Waals surface area contributed by atoms with E-state index in [0.717, 1.165) is 72.9 Å². The third kappa shape index (κ3) is 9.80. The average molecular weight is 970 g/mol. The fourth-order valence-corrected chi connectivity index (χ4v) is 11.6. The van der Waals surface area contributed by atoms with Crippen molar-refractivity contribution in [2.75, 3.05) is 0 Å². The molecule has 5 aromatic carbocycles. The summed E-state index contributed by atoms with van der Waals surface area (Å²) in [6.07, 6.45) is 29.5. The maximum atomic E-state index is 5.19. The first kappa shape index (κ1) is 48.6. The van der Waals surface area contributed by atoms with E-state index < -0.39 is 0 Å². The van der Waals surface area contributed by atoms with Crippen molar-refractivity contribution < 1.29 is 0 Å². The fraction of sp³-hybridized carbons (Fsp3) is 0.284. The first-order valence-electron chi connectivity index (χ1n) is 27.3. The number of fused-ring (bicyclic) bond motifs is 6. The van der Waals surface area contributed by atoms with Crippen molar-refractivity contribution in [2.24, 2.45) is 0 Å². The third-order valence-electron chi connectivity index (χ3n) is 15.6. The second-order valence-electron chi connectivity index (χ2n) is 20.8. The highest BCUT2D eigenvalue weighted by Crippen LogP contribution is 2.55. The highest BCUT2D eigenvalue weighted by Gasteiger charge is 2.42. The van der Waals surface area contributed by atoms with Gasteiger partial charge in [-0.15, -0.1) is 0 Å².